The number of aryl methyl sites for hydroxylation is 1. The number of rotatable bonds is 15. The third-order valence-corrected chi connectivity index (χ3v) is 10.2. The molecule has 1 aliphatic heterocycles. The fourth-order valence-electron chi connectivity index (χ4n) is 6.15. The van der Waals surface area contributed by atoms with Gasteiger partial charge >= 0.3 is 12.1 Å². The van der Waals surface area contributed by atoms with Gasteiger partial charge in [0.1, 0.15) is 42.7 Å². The molecule has 0 amide bonds. The molecule has 0 radical (unpaired) electrons. The highest BCUT2D eigenvalue weighted by atomic mass is 32.1. The molecule has 0 aliphatic carbocycles. The maximum atomic E-state index is 15.2. The molecule has 0 saturated heterocycles. The van der Waals surface area contributed by atoms with Gasteiger partial charge in [0.15, 0.2) is 11.3 Å². The number of ether oxygens (including phenoxy) is 3. The number of likely N-dealkylation sites (N-methyl/N-ethyl adjacent to an activating group) is 1. The Morgan fingerprint density at radius 3 is 2.29 bits per heavy atom. The van der Waals surface area contributed by atoms with Crippen LogP contribution in [0.3, 0.4) is 0 Å². The molecule has 0 spiro atoms. The number of nitrogens with one attached hydrogen (secondary N) is 1. The van der Waals surface area contributed by atoms with Crippen molar-refractivity contribution < 1.29 is 32.2 Å². The number of benzene rings is 3. The van der Waals surface area contributed by atoms with Gasteiger partial charge in [-0.05, 0) is 48.1 Å². The Hall–Kier alpha value is -7.41. The van der Waals surface area contributed by atoms with Crippen LogP contribution in [0, 0.1) is 34.0 Å². The first kappa shape index (κ1) is 41.2. The van der Waals surface area contributed by atoms with E-state index in [4.69, 9.17) is 14.2 Å². The van der Waals surface area contributed by atoms with Crippen molar-refractivity contribution in [2.75, 3.05) is 25.1 Å². The minimum atomic E-state index is -5.09. The maximum Gasteiger partial charge on any atom is 0.437 e. The van der Waals surface area contributed by atoms with E-state index in [1.165, 1.54) is 41.7 Å². The topological polar surface area (TPSA) is 161 Å². The van der Waals surface area contributed by atoms with Crippen LogP contribution in [-0.4, -0.2) is 47.8 Å². The number of carbonyl (C=O) groups is 1. The highest BCUT2D eigenvalue weighted by molar-refractivity contribution is 7.13. The zero-order valence-electron chi connectivity index (χ0n) is 31.4. The van der Waals surface area contributed by atoms with Crippen LogP contribution in [-0.2, 0) is 32.9 Å². The summed E-state index contributed by atoms with van der Waals surface area (Å²) in [6, 6.07) is 30.6. The summed E-state index contributed by atoms with van der Waals surface area (Å²) >= 11 is 1.29. The van der Waals surface area contributed by atoms with Crippen LogP contribution in [0.5, 0.6) is 5.75 Å². The average Bonchev–Trinajstić information content (AvgIpc) is 4.02. The first-order chi connectivity index (χ1) is 28.6. The van der Waals surface area contributed by atoms with E-state index in [2.05, 4.69) is 15.4 Å². The first-order valence-corrected chi connectivity index (χ1v) is 18.9. The smallest absolute Gasteiger partial charge is 0.437 e. The van der Waals surface area contributed by atoms with Crippen molar-refractivity contribution >= 4 is 41.2 Å². The molecule has 5 aromatic rings. The van der Waals surface area contributed by atoms with Crippen molar-refractivity contribution in [3.05, 3.63) is 158 Å². The second kappa shape index (κ2) is 18.7. The molecular formula is C44H34F3N7O4S. The Bertz CT molecular complexity index is 2510. The number of aromatic nitrogens is 3. The summed E-state index contributed by atoms with van der Waals surface area (Å²) in [5.74, 6) is -0.472. The predicted molar refractivity (Wildman–Crippen MR) is 215 cm³/mol. The summed E-state index contributed by atoms with van der Waals surface area (Å²) in [5, 5.41) is 39.3. The average molecular weight is 814 g/mol. The van der Waals surface area contributed by atoms with Gasteiger partial charge in [-0.25, -0.2) is 0 Å². The third kappa shape index (κ3) is 9.59. The first-order valence-electron chi connectivity index (χ1n) is 18.1. The number of thiophene rings is 1. The Labute approximate surface area is 341 Å². The molecule has 1 unspecified atom stereocenters. The van der Waals surface area contributed by atoms with E-state index in [9.17, 15) is 20.6 Å². The zero-order chi connectivity index (χ0) is 41.8. The molecule has 2 aromatic heterocycles. The number of hydrogen-bond donors (Lipinski definition) is 1. The zero-order valence-corrected chi connectivity index (χ0v) is 32.3. The second-order valence-corrected chi connectivity index (χ2v) is 14.1. The fraction of sp³-hybridized carbons (Fsp3) is 0.182. The number of H-pyrrole nitrogens is 1. The number of aromatic amines is 1. The lowest BCUT2D eigenvalue weighted by Gasteiger charge is -2.33. The van der Waals surface area contributed by atoms with E-state index in [0.717, 1.165) is 27.8 Å². The lowest BCUT2D eigenvalue weighted by molar-refractivity contribution is -0.249. The van der Waals surface area contributed by atoms with Crippen LogP contribution in [0.4, 0.5) is 18.9 Å². The summed E-state index contributed by atoms with van der Waals surface area (Å²) in [7, 11) is 1.88. The van der Waals surface area contributed by atoms with E-state index in [-0.39, 0.29) is 24.6 Å². The van der Waals surface area contributed by atoms with Gasteiger partial charge in [-0.2, -0.15) is 44.4 Å². The largest absolute Gasteiger partial charge is 0.488 e. The molecule has 296 valence electrons. The van der Waals surface area contributed by atoms with Gasteiger partial charge in [-0.1, -0.05) is 66.7 Å². The summed E-state index contributed by atoms with van der Waals surface area (Å²) in [6.07, 6.45) is 3.40. The van der Waals surface area contributed by atoms with E-state index in [0.29, 0.717) is 35.9 Å². The highest BCUT2D eigenvalue weighted by Gasteiger charge is 2.65. The predicted octanol–water partition coefficient (Wildman–Crippen LogP) is 8.85. The summed E-state index contributed by atoms with van der Waals surface area (Å²) in [5.41, 5.74) is -2.09. The normalized spacial score (nSPS) is 15.1. The van der Waals surface area contributed by atoms with Crippen molar-refractivity contribution in [2.24, 2.45) is 0 Å². The molecule has 6 rings (SSSR count). The van der Waals surface area contributed by atoms with E-state index in [1.807, 2.05) is 72.6 Å². The third-order valence-electron chi connectivity index (χ3n) is 9.18. The van der Waals surface area contributed by atoms with Gasteiger partial charge in [-0.3, -0.25) is 4.79 Å². The van der Waals surface area contributed by atoms with Crippen LogP contribution in [0.15, 0.2) is 126 Å². The van der Waals surface area contributed by atoms with Crippen LogP contribution < -0.4 is 9.64 Å². The quantitative estimate of drug-likeness (QED) is 0.0799. The van der Waals surface area contributed by atoms with Crippen molar-refractivity contribution in [1.29, 1.82) is 15.8 Å². The van der Waals surface area contributed by atoms with Crippen molar-refractivity contribution in [1.82, 2.24) is 15.4 Å². The van der Waals surface area contributed by atoms with Gasteiger partial charge in [-0.15, -0.1) is 11.3 Å². The van der Waals surface area contributed by atoms with Crippen LogP contribution in [0.2, 0.25) is 0 Å². The summed E-state index contributed by atoms with van der Waals surface area (Å²) in [4.78, 5) is 15.5. The maximum absolute atomic E-state index is 15.2. The minimum Gasteiger partial charge on any atom is -0.488 e. The number of anilines is 1. The highest BCUT2D eigenvalue weighted by Crippen LogP contribution is 2.56. The molecule has 1 aliphatic rings. The molecule has 59 heavy (non-hydrogen) atoms. The lowest BCUT2D eigenvalue weighted by Crippen LogP contribution is -2.43. The van der Waals surface area contributed by atoms with Crippen molar-refractivity contribution in [3.63, 3.8) is 0 Å². The Kier molecular flexibility index (Phi) is 13.1. The lowest BCUT2D eigenvalue weighted by atomic mass is 9.84. The Balaban J connectivity index is 1.23. The van der Waals surface area contributed by atoms with Gasteiger partial charge < -0.3 is 19.1 Å². The van der Waals surface area contributed by atoms with E-state index < -0.39 is 34.3 Å². The van der Waals surface area contributed by atoms with Crippen molar-refractivity contribution in [2.45, 2.75) is 31.2 Å². The molecule has 0 fully saturated rings. The molecule has 1 atom stereocenters. The second-order valence-electron chi connectivity index (χ2n) is 13.0. The molecule has 0 bridgehead atoms. The molecule has 11 nitrogen and oxygen atoms in total. The van der Waals surface area contributed by atoms with Gasteiger partial charge in [0.05, 0.1) is 24.9 Å². The number of carbonyl (C=O) groups excluding carboxylic acids is 1. The standard InChI is InChI=1S/C44H34F3N7O4S/c1-54(22-23-56-41(55)21-14-34-28-51-53-52-34)35-15-12-31(40(24-35)57-29-30-8-4-2-5-9-30)13-16-36-17-18-37(59-36)19-20-39-38(27-50)42(32(25-48)26-49)58-43(39,44(45,46)47)33-10-6-3-7-11-33/h2-13,15-20,24,28H,14,21-23,29H2,1H3,(H,51,52,53)/b16-13+,20-19+. The van der Waals surface area contributed by atoms with Crippen molar-refractivity contribution in [3.8, 4) is 24.0 Å². The van der Waals surface area contributed by atoms with Crippen LogP contribution >= 0.6 is 11.3 Å². The molecule has 0 saturated carbocycles. The van der Waals surface area contributed by atoms with E-state index >= 15 is 13.2 Å². The number of esters is 1. The summed E-state index contributed by atoms with van der Waals surface area (Å²) < 4.78 is 62.7. The number of nitriles is 3. The Morgan fingerprint density at radius 2 is 1.64 bits per heavy atom. The number of nitrogens with zero attached hydrogens (tertiary/aromatic N) is 6. The minimum absolute atomic E-state index is 0.176. The SMILES string of the molecule is CN(CCOC(=O)CCc1cn[nH]n1)c1ccc(/C=C/c2ccc(/C=C/C3=C(C#N)C(=C(C#N)C#N)OC3(c3ccccc3)C(F)(F)F)s2)c(OCc2ccccc2)c1. The number of hydrogen-bond acceptors (Lipinski definition) is 11. The Morgan fingerprint density at radius 1 is 0.949 bits per heavy atom. The van der Waals surface area contributed by atoms with Crippen LogP contribution in [0.1, 0.15) is 38.6 Å². The monoisotopic (exact) mass is 813 g/mol. The molecule has 3 aromatic carbocycles. The molecular weight excluding hydrogens is 780 g/mol. The number of halogens is 3. The van der Waals surface area contributed by atoms with E-state index in [1.54, 1.807) is 42.6 Å². The van der Waals surface area contributed by atoms with Gasteiger partial charge in [0.25, 0.3) is 5.60 Å². The number of allylic oxidation sites excluding steroid dienone is 2. The molecule has 1 N–H and O–H groups in total. The van der Waals surface area contributed by atoms with Gasteiger partial charge in [0, 0.05) is 51.7 Å². The van der Waals surface area contributed by atoms with Crippen LogP contribution in [0.25, 0.3) is 18.2 Å². The summed E-state index contributed by atoms with van der Waals surface area (Å²) in [6.45, 7) is 0.910. The fourth-order valence-corrected chi connectivity index (χ4v) is 6.97. The van der Waals surface area contributed by atoms with Gasteiger partial charge in [0.2, 0.25) is 0 Å². The number of alkyl halides is 3. The molecule has 3 heterocycles. The molecule has 15 heteroatoms.